The molecule has 0 unspecified atom stereocenters. The molecule has 1 heterocycles. The molecule has 0 bridgehead atoms. The van der Waals surface area contributed by atoms with Crippen LogP contribution in [0, 0.1) is 6.92 Å². The fraction of sp³-hybridized carbons (Fsp3) is 0.143. The third-order valence-corrected chi connectivity index (χ3v) is 3.28. The van der Waals surface area contributed by atoms with E-state index in [9.17, 15) is 4.79 Å². The lowest BCUT2D eigenvalue weighted by Gasteiger charge is -2.05. The van der Waals surface area contributed by atoms with Gasteiger partial charge >= 0.3 is 5.97 Å². The van der Waals surface area contributed by atoms with Gasteiger partial charge in [-0.1, -0.05) is 30.3 Å². The second-order valence-corrected chi connectivity index (χ2v) is 4.71. The number of halogens is 1. The molecule has 18 heavy (non-hydrogen) atoms. The minimum absolute atomic E-state index is 0.269. The molecular weight excluding hydrogens is 294 g/mol. The molecule has 0 saturated carbocycles. The van der Waals surface area contributed by atoms with E-state index < -0.39 is 0 Å². The average Bonchev–Trinajstić information content (AvgIpc) is 2.40. The molecule has 1 aromatic heterocycles. The highest BCUT2D eigenvalue weighted by Crippen LogP contribution is 2.16. The molecule has 0 N–H and O–H groups in total. The van der Waals surface area contributed by atoms with Crippen molar-refractivity contribution >= 4 is 21.9 Å². The van der Waals surface area contributed by atoms with Gasteiger partial charge in [-0.25, -0.2) is 4.79 Å². The first-order valence-corrected chi connectivity index (χ1v) is 6.29. The largest absolute Gasteiger partial charge is 0.457 e. The highest BCUT2D eigenvalue weighted by Gasteiger charge is 2.09. The maximum Gasteiger partial charge on any atom is 0.340 e. The SMILES string of the molecule is Cc1ncc(C(=O)OCc2ccccc2)cc1Br. The van der Waals surface area contributed by atoms with Crippen molar-refractivity contribution in [3.63, 3.8) is 0 Å². The van der Waals surface area contributed by atoms with Gasteiger partial charge in [0.25, 0.3) is 0 Å². The van der Waals surface area contributed by atoms with Crippen molar-refractivity contribution < 1.29 is 9.53 Å². The van der Waals surface area contributed by atoms with Gasteiger partial charge in [-0.05, 0) is 34.5 Å². The predicted octanol–water partition coefficient (Wildman–Crippen LogP) is 3.51. The fourth-order valence-corrected chi connectivity index (χ4v) is 1.77. The zero-order valence-corrected chi connectivity index (χ0v) is 11.5. The number of carbonyl (C=O) groups is 1. The number of hydrogen-bond acceptors (Lipinski definition) is 3. The van der Waals surface area contributed by atoms with E-state index >= 15 is 0 Å². The first-order valence-electron chi connectivity index (χ1n) is 5.50. The molecule has 1 aromatic carbocycles. The van der Waals surface area contributed by atoms with E-state index in [1.165, 1.54) is 6.20 Å². The van der Waals surface area contributed by atoms with Crippen molar-refractivity contribution in [2.24, 2.45) is 0 Å². The van der Waals surface area contributed by atoms with Gasteiger partial charge in [-0.15, -0.1) is 0 Å². The van der Waals surface area contributed by atoms with Crippen LogP contribution in [0.2, 0.25) is 0 Å². The molecule has 3 nitrogen and oxygen atoms in total. The van der Waals surface area contributed by atoms with Crippen LogP contribution in [0.15, 0.2) is 47.1 Å². The van der Waals surface area contributed by atoms with E-state index in [4.69, 9.17) is 4.74 Å². The number of benzene rings is 1. The maximum absolute atomic E-state index is 11.8. The first kappa shape index (κ1) is 12.8. The standard InChI is InChI=1S/C14H12BrNO2/c1-10-13(15)7-12(8-16-10)14(17)18-9-11-5-3-2-4-6-11/h2-8H,9H2,1H3. The summed E-state index contributed by atoms with van der Waals surface area (Å²) in [5, 5.41) is 0. The van der Waals surface area contributed by atoms with Gasteiger partial charge in [0.15, 0.2) is 0 Å². The number of pyridine rings is 1. The van der Waals surface area contributed by atoms with Crippen LogP contribution in [0.25, 0.3) is 0 Å². The number of aromatic nitrogens is 1. The van der Waals surface area contributed by atoms with Crippen LogP contribution in [-0.2, 0) is 11.3 Å². The van der Waals surface area contributed by atoms with Gasteiger partial charge < -0.3 is 4.74 Å². The van der Waals surface area contributed by atoms with E-state index in [0.29, 0.717) is 5.56 Å². The molecule has 2 rings (SSSR count). The summed E-state index contributed by atoms with van der Waals surface area (Å²) in [6, 6.07) is 11.3. The highest BCUT2D eigenvalue weighted by atomic mass is 79.9. The third kappa shape index (κ3) is 3.17. The van der Waals surface area contributed by atoms with Gasteiger partial charge in [0.1, 0.15) is 6.61 Å². The van der Waals surface area contributed by atoms with Crippen molar-refractivity contribution in [2.75, 3.05) is 0 Å². The number of rotatable bonds is 3. The Morgan fingerprint density at radius 2 is 2.06 bits per heavy atom. The van der Waals surface area contributed by atoms with Crippen LogP contribution >= 0.6 is 15.9 Å². The van der Waals surface area contributed by atoms with Crippen LogP contribution < -0.4 is 0 Å². The van der Waals surface area contributed by atoms with Gasteiger partial charge in [-0.2, -0.15) is 0 Å². The Kier molecular flexibility index (Phi) is 4.10. The van der Waals surface area contributed by atoms with Crippen molar-refractivity contribution in [2.45, 2.75) is 13.5 Å². The highest BCUT2D eigenvalue weighted by molar-refractivity contribution is 9.10. The monoisotopic (exact) mass is 305 g/mol. The third-order valence-electron chi connectivity index (χ3n) is 2.47. The van der Waals surface area contributed by atoms with Crippen molar-refractivity contribution in [1.29, 1.82) is 0 Å². The van der Waals surface area contributed by atoms with Crippen molar-refractivity contribution in [1.82, 2.24) is 4.98 Å². The molecule has 4 heteroatoms. The van der Waals surface area contributed by atoms with Gasteiger partial charge in [0, 0.05) is 10.7 Å². The predicted molar refractivity (Wildman–Crippen MR) is 72.2 cm³/mol. The number of ether oxygens (including phenoxy) is 1. The van der Waals surface area contributed by atoms with Crippen LogP contribution in [0.3, 0.4) is 0 Å². The van der Waals surface area contributed by atoms with E-state index in [0.717, 1.165) is 15.7 Å². The lowest BCUT2D eigenvalue weighted by Crippen LogP contribution is -2.06. The summed E-state index contributed by atoms with van der Waals surface area (Å²) in [6.07, 6.45) is 1.52. The molecule has 0 fully saturated rings. The Morgan fingerprint density at radius 1 is 1.33 bits per heavy atom. The van der Waals surface area contributed by atoms with Crippen molar-refractivity contribution in [3.05, 3.63) is 63.9 Å². The zero-order chi connectivity index (χ0) is 13.0. The molecule has 92 valence electrons. The molecule has 0 aliphatic carbocycles. The Bertz CT molecular complexity index is 555. The normalized spacial score (nSPS) is 10.1. The topological polar surface area (TPSA) is 39.2 Å². The Labute approximate surface area is 114 Å². The summed E-state index contributed by atoms with van der Waals surface area (Å²) in [7, 11) is 0. The molecule has 0 spiro atoms. The van der Waals surface area contributed by atoms with E-state index in [1.807, 2.05) is 37.3 Å². The molecule has 2 aromatic rings. The fourth-order valence-electron chi connectivity index (χ4n) is 1.42. The number of carbonyl (C=O) groups excluding carboxylic acids is 1. The van der Waals surface area contributed by atoms with Gasteiger partial charge in [0.2, 0.25) is 0 Å². The van der Waals surface area contributed by atoms with Crippen LogP contribution in [-0.4, -0.2) is 11.0 Å². The minimum atomic E-state index is -0.368. The summed E-state index contributed by atoms with van der Waals surface area (Å²) >= 11 is 3.34. The summed E-state index contributed by atoms with van der Waals surface area (Å²) in [4.78, 5) is 15.9. The van der Waals surface area contributed by atoms with Crippen LogP contribution in [0.5, 0.6) is 0 Å². The van der Waals surface area contributed by atoms with Crippen LogP contribution in [0.1, 0.15) is 21.6 Å². The number of esters is 1. The Morgan fingerprint density at radius 3 is 2.72 bits per heavy atom. The summed E-state index contributed by atoms with van der Waals surface area (Å²) < 4.78 is 6.01. The van der Waals surface area contributed by atoms with Gasteiger partial charge in [-0.3, -0.25) is 4.98 Å². The van der Waals surface area contributed by atoms with Crippen molar-refractivity contribution in [3.8, 4) is 0 Å². The molecule has 0 saturated heterocycles. The van der Waals surface area contributed by atoms with E-state index in [1.54, 1.807) is 6.07 Å². The Hall–Kier alpha value is -1.68. The molecule has 0 aliphatic rings. The molecule has 0 amide bonds. The number of nitrogens with zero attached hydrogens (tertiary/aromatic N) is 1. The van der Waals surface area contributed by atoms with E-state index in [2.05, 4.69) is 20.9 Å². The first-order chi connectivity index (χ1) is 8.66. The smallest absolute Gasteiger partial charge is 0.340 e. The molecule has 0 aliphatic heterocycles. The van der Waals surface area contributed by atoms with Gasteiger partial charge in [0.05, 0.1) is 11.3 Å². The molecular formula is C14H12BrNO2. The summed E-state index contributed by atoms with van der Waals surface area (Å²) in [5.41, 5.74) is 2.25. The second-order valence-electron chi connectivity index (χ2n) is 3.85. The van der Waals surface area contributed by atoms with E-state index in [-0.39, 0.29) is 12.6 Å². The average molecular weight is 306 g/mol. The maximum atomic E-state index is 11.8. The van der Waals surface area contributed by atoms with Crippen LogP contribution in [0.4, 0.5) is 0 Å². The quantitative estimate of drug-likeness (QED) is 0.815. The summed E-state index contributed by atoms with van der Waals surface area (Å²) in [6.45, 7) is 2.13. The zero-order valence-electron chi connectivity index (χ0n) is 9.89. The Balaban J connectivity index is 2.02. The summed E-state index contributed by atoms with van der Waals surface area (Å²) in [5.74, 6) is -0.368. The molecule has 0 radical (unpaired) electrons. The minimum Gasteiger partial charge on any atom is -0.457 e. The lowest BCUT2D eigenvalue weighted by molar-refractivity contribution is 0.0472. The number of aryl methyl sites for hydroxylation is 1. The number of hydrogen-bond donors (Lipinski definition) is 0. The molecule has 0 atom stereocenters. The second kappa shape index (κ2) is 5.78. The lowest BCUT2D eigenvalue weighted by atomic mass is 10.2.